The first-order chi connectivity index (χ1) is 9.72. The molecule has 3 rings (SSSR count). The smallest absolute Gasteiger partial charge is 0.254 e. The molecule has 4 nitrogen and oxygen atoms in total. The van der Waals surface area contributed by atoms with Crippen LogP contribution in [-0.4, -0.2) is 36.4 Å². The molecule has 2 aliphatic rings. The number of nitrogens with zero attached hydrogens (tertiary/aromatic N) is 1. The number of thioether (sulfide) groups is 1. The maximum Gasteiger partial charge on any atom is 0.254 e. The van der Waals surface area contributed by atoms with Crippen molar-refractivity contribution in [3.05, 3.63) is 29.8 Å². The molecule has 0 aromatic heterocycles. The molecule has 1 fully saturated rings. The van der Waals surface area contributed by atoms with Crippen molar-refractivity contribution in [2.75, 3.05) is 23.5 Å². The Balaban J connectivity index is 1.99. The summed E-state index contributed by atoms with van der Waals surface area (Å²) < 4.78 is 0. The number of hydrogen-bond acceptors (Lipinski definition) is 3. The monoisotopic (exact) mass is 290 g/mol. The molecule has 1 aliphatic carbocycles. The molecule has 0 bridgehead atoms. The number of carbonyl (C=O) groups excluding carboxylic acids is 2. The zero-order chi connectivity index (χ0) is 14.1. The lowest BCUT2D eigenvalue weighted by molar-refractivity contribution is -0.120. The van der Waals surface area contributed by atoms with Gasteiger partial charge in [-0.3, -0.25) is 9.59 Å². The number of nitrogens with one attached hydrogen (secondary N) is 1. The third-order valence-electron chi connectivity index (χ3n) is 3.87. The molecule has 1 saturated carbocycles. The Morgan fingerprint density at radius 1 is 1.30 bits per heavy atom. The predicted molar refractivity (Wildman–Crippen MR) is 81.2 cm³/mol. The van der Waals surface area contributed by atoms with E-state index in [0.29, 0.717) is 18.0 Å². The molecular formula is C15H18N2O2S. The summed E-state index contributed by atoms with van der Waals surface area (Å²) >= 11 is 1.71. The van der Waals surface area contributed by atoms with Crippen molar-refractivity contribution in [3.8, 4) is 0 Å². The quantitative estimate of drug-likeness (QED) is 0.921. The van der Waals surface area contributed by atoms with Gasteiger partial charge in [0.05, 0.1) is 11.3 Å². The fourth-order valence-corrected chi connectivity index (χ4v) is 3.00. The van der Waals surface area contributed by atoms with E-state index in [9.17, 15) is 9.59 Å². The van der Waals surface area contributed by atoms with Crippen LogP contribution in [0.2, 0.25) is 0 Å². The Kier molecular flexibility index (Phi) is 3.70. The summed E-state index contributed by atoms with van der Waals surface area (Å²) in [5, 5.41) is 2.92. The third-order valence-corrected chi connectivity index (χ3v) is 4.46. The molecule has 1 atom stereocenters. The van der Waals surface area contributed by atoms with E-state index in [0.717, 1.165) is 24.3 Å². The maximum atomic E-state index is 12.7. The van der Waals surface area contributed by atoms with Crippen LogP contribution in [0.1, 0.15) is 23.2 Å². The van der Waals surface area contributed by atoms with Crippen LogP contribution in [0.3, 0.4) is 0 Å². The highest BCUT2D eigenvalue weighted by Gasteiger charge is 2.42. The second-order valence-corrected chi connectivity index (χ2v) is 6.27. The molecule has 0 saturated heterocycles. The number of hydrogen-bond donors (Lipinski definition) is 1. The second-order valence-electron chi connectivity index (χ2n) is 5.29. The van der Waals surface area contributed by atoms with Crippen molar-refractivity contribution >= 4 is 29.3 Å². The highest BCUT2D eigenvalue weighted by Crippen LogP contribution is 2.36. The van der Waals surface area contributed by atoms with Crippen LogP contribution >= 0.6 is 11.8 Å². The molecule has 1 heterocycles. The van der Waals surface area contributed by atoms with Gasteiger partial charge in [-0.2, -0.15) is 11.8 Å². The van der Waals surface area contributed by atoms with E-state index >= 15 is 0 Å². The standard InChI is InChI=1S/C15H18N2O2S/c1-20-9-8-17-12-5-3-2-4-11(12)14(18)16-13(15(17)19)10-6-7-10/h2-5,10,13H,6-9H2,1H3,(H,16,18). The van der Waals surface area contributed by atoms with Gasteiger partial charge in [0.2, 0.25) is 5.91 Å². The lowest BCUT2D eigenvalue weighted by Gasteiger charge is -2.25. The first kappa shape index (κ1) is 13.5. The Hall–Kier alpha value is -1.49. The van der Waals surface area contributed by atoms with E-state index in [4.69, 9.17) is 0 Å². The molecule has 1 aromatic carbocycles. The van der Waals surface area contributed by atoms with Crippen molar-refractivity contribution in [1.29, 1.82) is 0 Å². The summed E-state index contributed by atoms with van der Waals surface area (Å²) in [4.78, 5) is 26.8. The number of carbonyl (C=O) groups is 2. The molecule has 0 radical (unpaired) electrons. The molecule has 5 heteroatoms. The Morgan fingerprint density at radius 3 is 2.75 bits per heavy atom. The first-order valence-electron chi connectivity index (χ1n) is 6.92. The maximum absolute atomic E-state index is 12.7. The topological polar surface area (TPSA) is 49.4 Å². The fraction of sp³-hybridized carbons (Fsp3) is 0.467. The molecule has 1 N–H and O–H groups in total. The Morgan fingerprint density at radius 2 is 2.05 bits per heavy atom. The van der Waals surface area contributed by atoms with Crippen LogP contribution in [0.25, 0.3) is 0 Å². The summed E-state index contributed by atoms with van der Waals surface area (Å²) in [5.74, 6) is 1.10. The van der Waals surface area contributed by atoms with Crippen LogP contribution in [-0.2, 0) is 4.79 Å². The number of rotatable bonds is 4. The fourth-order valence-electron chi connectivity index (χ4n) is 2.63. The van der Waals surface area contributed by atoms with Gasteiger partial charge in [-0.05, 0) is 37.1 Å². The van der Waals surface area contributed by atoms with Crippen LogP contribution < -0.4 is 10.2 Å². The highest BCUT2D eigenvalue weighted by molar-refractivity contribution is 7.98. The van der Waals surface area contributed by atoms with E-state index < -0.39 is 0 Å². The minimum Gasteiger partial charge on any atom is -0.340 e. The lowest BCUT2D eigenvalue weighted by atomic mass is 10.1. The summed E-state index contributed by atoms with van der Waals surface area (Å²) in [6.45, 7) is 0.648. The van der Waals surface area contributed by atoms with Gasteiger partial charge in [0, 0.05) is 12.3 Å². The number of amides is 2. The summed E-state index contributed by atoms with van der Waals surface area (Å²) in [6, 6.07) is 7.02. The summed E-state index contributed by atoms with van der Waals surface area (Å²) in [7, 11) is 0. The second kappa shape index (κ2) is 5.48. The third kappa shape index (κ3) is 2.42. The van der Waals surface area contributed by atoms with Gasteiger partial charge in [0.15, 0.2) is 0 Å². The molecule has 1 aliphatic heterocycles. The molecule has 1 unspecified atom stereocenters. The largest absolute Gasteiger partial charge is 0.340 e. The zero-order valence-corrected chi connectivity index (χ0v) is 12.3. The Bertz CT molecular complexity index is 542. The first-order valence-corrected chi connectivity index (χ1v) is 8.32. The van der Waals surface area contributed by atoms with Gasteiger partial charge in [0.25, 0.3) is 5.91 Å². The van der Waals surface area contributed by atoms with Gasteiger partial charge in [-0.15, -0.1) is 0 Å². The molecule has 2 amide bonds. The van der Waals surface area contributed by atoms with Gasteiger partial charge >= 0.3 is 0 Å². The molecule has 106 valence electrons. The average molecular weight is 290 g/mol. The normalized spacial score (nSPS) is 22.2. The van der Waals surface area contributed by atoms with Crippen LogP contribution in [0.4, 0.5) is 5.69 Å². The van der Waals surface area contributed by atoms with Crippen molar-refractivity contribution in [3.63, 3.8) is 0 Å². The van der Waals surface area contributed by atoms with Crippen LogP contribution in [0, 0.1) is 5.92 Å². The average Bonchev–Trinajstić information content (AvgIpc) is 3.29. The number of benzene rings is 1. The molecule has 1 aromatic rings. The summed E-state index contributed by atoms with van der Waals surface area (Å²) in [5.41, 5.74) is 1.34. The van der Waals surface area contributed by atoms with E-state index in [2.05, 4.69) is 5.32 Å². The van der Waals surface area contributed by atoms with E-state index in [1.54, 1.807) is 22.7 Å². The van der Waals surface area contributed by atoms with Crippen molar-refractivity contribution in [2.45, 2.75) is 18.9 Å². The minimum absolute atomic E-state index is 0.0415. The van der Waals surface area contributed by atoms with Crippen LogP contribution in [0.15, 0.2) is 24.3 Å². The predicted octanol–water partition coefficient (Wildman–Crippen LogP) is 1.90. The lowest BCUT2D eigenvalue weighted by Crippen LogP contribution is -2.47. The molecular weight excluding hydrogens is 272 g/mol. The van der Waals surface area contributed by atoms with E-state index in [1.165, 1.54) is 0 Å². The number of para-hydroxylation sites is 1. The van der Waals surface area contributed by atoms with E-state index in [-0.39, 0.29) is 17.9 Å². The van der Waals surface area contributed by atoms with Gasteiger partial charge < -0.3 is 10.2 Å². The molecule has 20 heavy (non-hydrogen) atoms. The summed E-state index contributed by atoms with van der Waals surface area (Å²) in [6.07, 6.45) is 4.09. The van der Waals surface area contributed by atoms with Gasteiger partial charge in [0.1, 0.15) is 6.04 Å². The van der Waals surface area contributed by atoms with Crippen molar-refractivity contribution < 1.29 is 9.59 Å². The van der Waals surface area contributed by atoms with Crippen LogP contribution in [0.5, 0.6) is 0 Å². The zero-order valence-electron chi connectivity index (χ0n) is 11.5. The van der Waals surface area contributed by atoms with Crippen molar-refractivity contribution in [1.82, 2.24) is 5.32 Å². The Labute approximate surface area is 122 Å². The van der Waals surface area contributed by atoms with Crippen molar-refractivity contribution in [2.24, 2.45) is 5.92 Å². The minimum atomic E-state index is -0.350. The number of fused-ring (bicyclic) bond motifs is 1. The van der Waals surface area contributed by atoms with E-state index in [1.807, 2.05) is 24.5 Å². The van der Waals surface area contributed by atoms with Gasteiger partial charge in [-0.25, -0.2) is 0 Å². The number of anilines is 1. The highest BCUT2D eigenvalue weighted by atomic mass is 32.2. The SMILES string of the molecule is CSCCN1C(=O)C(C2CC2)NC(=O)c2ccccc21. The van der Waals surface area contributed by atoms with Gasteiger partial charge in [-0.1, -0.05) is 12.1 Å². The molecule has 0 spiro atoms.